The minimum absolute atomic E-state index is 0.0661. The van der Waals surface area contributed by atoms with E-state index in [1.165, 1.54) is 11.6 Å². The molecule has 4 rings (SSSR count). The second-order valence-corrected chi connectivity index (χ2v) is 5.54. The predicted molar refractivity (Wildman–Crippen MR) is 78.6 cm³/mol. The Bertz CT molecular complexity index is 865. The van der Waals surface area contributed by atoms with Gasteiger partial charge in [0.15, 0.2) is 0 Å². The van der Waals surface area contributed by atoms with Crippen molar-refractivity contribution in [3.05, 3.63) is 51.5 Å². The van der Waals surface area contributed by atoms with E-state index in [0.717, 1.165) is 48.0 Å². The third-order valence-corrected chi connectivity index (χ3v) is 4.17. The van der Waals surface area contributed by atoms with Crippen molar-refractivity contribution < 1.29 is 9.45 Å². The van der Waals surface area contributed by atoms with Gasteiger partial charge in [-0.15, -0.1) is 0 Å². The Labute approximate surface area is 125 Å². The van der Waals surface area contributed by atoms with Gasteiger partial charge in [-0.1, -0.05) is 5.16 Å². The molecule has 2 heterocycles. The van der Waals surface area contributed by atoms with Crippen LogP contribution in [0, 0.1) is 10.1 Å². The van der Waals surface area contributed by atoms with Crippen molar-refractivity contribution in [2.45, 2.75) is 32.2 Å². The van der Waals surface area contributed by atoms with Crippen molar-refractivity contribution in [1.29, 1.82) is 0 Å². The molecule has 1 aromatic carbocycles. The number of nitro benzene ring substituents is 1. The van der Waals surface area contributed by atoms with Gasteiger partial charge >= 0.3 is 0 Å². The molecule has 0 spiro atoms. The number of hydrogen-bond donors (Lipinski definition) is 0. The average Bonchev–Trinajstić information content (AvgIpc) is 3.12. The smallest absolute Gasteiger partial charge is 0.271 e. The number of rotatable bonds is 3. The number of nitro groups is 1. The molecule has 7 heteroatoms. The summed E-state index contributed by atoms with van der Waals surface area (Å²) >= 11 is 0. The number of benzene rings is 1. The molecule has 22 heavy (non-hydrogen) atoms. The van der Waals surface area contributed by atoms with Crippen LogP contribution < -0.4 is 0 Å². The van der Waals surface area contributed by atoms with Crippen molar-refractivity contribution in [2.24, 2.45) is 0 Å². The van der Waals surface area contributed by atoms with Crippen LogP contribution in [0.2, 0.25) is 0 Å². The summed E-state index contributed by atoms with van der Waals surface area (Å²) in [7, 11) is 0. The first kappa shape index (κ1) is 13.0. The molecule has 3 aromatic rings. The van der Waals surface area contributed by atoms with Crippen LogP contribution in [0.1, 0.15) is 29.9 Å². The van der Waals surface area contributed by atoms with E-state index in [-0.39, 0.29) is 5.69 Å². The molecule has 0 unspecified atom stereocenters. The molecule has 0 fully saturated rings. The van der Waals surface area contributed by atoms with E-state index in [1.54, 1.807) is 23.0 Å². The highest BCUT2D eigenvalue weighted by atomic mass is 16.6. The number of hydrogen-bond acceptors (Lipinski definition) is 5. The van der Waals surface area contributed by atoms with Gasteiger partial charge in [-0.3, -0.25) is 14.8 Å². The third kappa shape index (κ3) is 2.05. The van der Waals surface area contributed by atoms with Crippen LogP contribution in [-0.4, -0.2) is 19.9 Å². The first-order valence-electron chi connectivity index (χ1n) is 7.28. The Morgan fingerprint density at radius 2 is 2.18 bits per heavy atom. The maximum absolute atomic E-state index is 10.9. The summed E-state index contributed by atoms with van der Waals surface area (Å²) in [6, 6.07) is 4.76. The van der Waals surface area contributed by atoms with Gasteiger partial charge in [0.2, 0.25) is 0 Å². The summed E-state index contributed by atoms with van der Waals surface area (Å²) in [4.78, 5) is 10.5. The highest BCUT2D eigenvalue weighted by Gasteiger charge is 2.20. The summed E-state index contributed by atoms with van der Waals surface area (Å²) in [5.74, 6) is 0.976. The second kappa shape index (κ2) is 4.94. The third-order valence-electron chi connectivity index (χ3n) is 4.17. The first-order chi connectivity index (χ1) is 10.7. The molecule has 0 atom stereocenters. The van der Waals surface area contributed by atoms with Crippen LogP contribution in [-0.2, 0) is 19.4 Å². The average molecular weight is 298 g/mol. The second-order valence-electron chi connectivity index (χ2n) is 5.54. The van der Waals surface area contributed by atoms with E-state index in [1.807, 2.05) is 0 Å². The molecule has 2 aromatic heterocycles. The van der Waals surface area contributed by atoms with Gasteiger partial charge in [0.25, 0.3) is 5.69 Å². The summed E-state index contributed by atoms with van der Waals surface area (Å²) in [6.45, 7) is 0.476. The molecule has 0 amide bonds. The minimum atomic E-state index is -0.394. The number of aromatic nitrogens is 3. The summed E-state index contributed by atoms with van der Waals surface area (Å²) in [5, 5.41) is 20.3. The van der Waals surface area contributed by atoms with Crippen LogP contribution in [0.4, 0.5) is 5.69 Å². The summed E-state index contributed by atoms with van der Waals surface area (Å²) in [6.07, 6.45) is 5.91. The van der Waals surface area contributed by atoms with Crippen LogP contribution >= 0.6 is 0 Å². The molecule has 0 saturated carbocycles. The lowest BCUT2D eigenvalue weighted by molar-refractivity contribution is -0.384. The van der Waals surface area contributed by atoms with Gasteiger partial charge < -0.3 is 4.52 Å². The lowest BCUT2D eigenvalue weighted by atomic mass is 9.96. The molecule has 0 radical (unpaired) electrons. The topological polar surface area (TPSA) is 87.0 Å². The molecule has 112 valence electrons. The molecule has 0 aliphatic heterocycles. The molecular formula is C15H14N4O3. The number of fused-ring (bicyclic) bond motifs is 2. The Hall–Kier alpha value is -2.70. The maximum Gasteiger partial charge on any atom is 0.271 e. The fourth-order valence-electron chi connectivity index (χ4n) is 3.01. The monoisotopic (exact) mass is 298 g/mol. The fourth-order valence-corrected chi connectivity index (χ4v) is 3.01. The van der Waals surface area contributed by atoms with Gasteiger partial charge in [0.05, 0.1) is 23.2 Å². The van der Waals surface area contributed by atoms with E-state index in [0.29, 0.717) is 6.54 Å². The Kier molecular flexibility index (Phi) is 2.92. The normalized spacial score (nSPS) is 14.2. The number of non-ortho nitro benzene ring substituents is 1. The molecule has 0 bridgehead atoms. The predicted octanol–water partition coefficient (Wildman–Crippen LogP) is 2.86. The van der Waals surface area contributed by atoms with Crippen molar-refractivity contribution in [1.82, 2.24) is 14.9 Å². The lowest BCUT2D eigenvalue weighted by Crippen LogP contribution is -2.07. The number of aryl methyl sites for hydroxylation is 1. The Balaban J connectivity index is 1.73. The van der Waals surface area contributed by atoms with Gasteiger partial charge in [-0.05, 0) is 25.3 Å². The summed E-state index contributed by atoms with van der Waals surface area (Å²) < 4.78 is 7.16. The van der Waals surface area contributed by atoms with Crippen molar-refractivity contribution in [3.8, 4) is 0 Å². The highest BCUT2D eigenvalue weighted by Crippen LogP contribution is 2.26. The van der Waals surface area contributed by atoms with E-state index in [2.05, 4.69) is 10.3 Å². The highest BCUT2D eigenvalue weighted by molar-refractivity contribution is 5.81. The standard InChI is InChI=1S/C15H14N4O3/c20-19(21)11-6-5-10-8-16-18(14(10)7-11)9-13-12-3-1-2-4-15(12)22-17-13/h5-8H,1-4,9H2. The Morgan fingerprint density at radius 1 is 1.32 bits per heavy atom. The van der Waals surface area contributed by atoms with Crippen LogP contribution in [0.15, 0.2) is 28.9 Å². The lowest BCUT2D eigenvalue weighted by Gasteiger charge is -2.09. The largest absolute Gasteiger partial charge is 0.361 e. The van der Waals surface area contributed by atoms with Gasteiger partial charge in [0, 0.05) is 29.5 Å². The van der Waals surface area contributed by atoms with Crippen LogP contribution in [0.3, 0.4) is 0 Å². The Morgan fingerprint density at radius 3 is 3.05 bits per heavy atom. The van der Waals surface area contributed by atoms with E-state index >= 15 is 0 Å². The quantitative estimate of drug-likeness (QED) is 0.548. The zero-order valence-corrected chi connectivity index (χ0v) is 11.9. The molecule has 1 aliphatic rings. The van der Waals surface area contributed by atoms with Crippen LogP contribution in [0.25, 0.3) is 10.9 Å². The zero-order valence-electron chi connectivity index (χ0n) is 11.9. The van der Waals surface area contributed by atoms with Gasteiger partial charge in [-0.2, -0.15) is 5.10 Å². The van der Waals surface area contributed by atoms with Gasteiger partial charge in [-0.25, -0.2) is 0 Å². The van der Waals surface area contributed by atoms with E-state index in [9.17, 15) is 10.1 Å². The van der Waals surface area contributed by atoms with Crippen molar-refractivity contribution >= 4 is 16.6 Å². The molecule has 7 nitrogen and oxygen atoms in total. The molecular weight excluding hydrogens is 284 g/mol. The van der Waals surface area contributed by atoms with Gasteiger partial charge in [0.1, 0.15) is 11.5 Å². The molecule has 0 N–H and O–H groups in total. The maximum atomic E-state index is 10.9. The van der Waals surface area contributed by atoms with Crippen molar-refractivity contribution in [2.75, 3.05) is 0 Å². The minimum Gasteiger partial charge on any atom is -0.361 e. The molecule has 0 saturated heterocycles. The van der Waals surface area contributed by atoms with Crippen LogP contribution in [0.5, 0.6) is 0 Å². The zero-order chi connectivity index (χ0) is 15.1. The number of nitrogens with zero attached hydrogens (tertiary/aromatic N) is 4. The first-order valence-corrected chi connectivity index (χ1v) is 7.28. The fraction of sp³-hybridized carbons (Fsp3) is 0.333. The molecule has 1 aliphatic carbocycles. The SMILES string of the molecule is O=[N+]([O-])c1ccc2cnn(Cc3noc4c3CCCC4)c2c1. The summed E-state index contributed by atoms with van der Waals surface area (Å²) in [5.41, 5.74) is 2.87. The van der Waals surface area contributed by atoms with Crippen molar-refractivity contribution in [3.63, 3.8) is 0 Å². The van der Waals surface area contributed by atoms with E-state index < -0.39 is 4.92 Å². The van der Waals surface area contributed by atoms with E-state index in [4.69, 9.17) is 4.52 Å².